The molecule has 0 radical (unpaired) electrons. The van der Waals surface area contributed by atoms with Crippen LogP contribution in [-0.4, -0.2) is 25.0 Å². The zero-order valence-corrected chi connectivity index (χ0v) is 11.9. The van der Waals surface area contributed by atoms with E-state index in [1.807, 2.05) is 6.07 Å². The molecule has 3 heteroatoms. The van der Waals surface area contributed by atoms with Crippen LogP contribution in [0.5, 0.6) is 0 Å². The van der Waals surface area contributed by atoms with Crippen LogP contribution in [0.4, 0.5) is 0 Å². The normalized spacial score (nSPS) is 24.1. The molecule has 19 heavy (non-hydrogen) atoms. The molecule has 2 rings (SSSR count). The predicted octanol–water partition coefficient (Wildman–Crippen LogP) is 1.98. The molecule has 2 N–H and O–H groups in total. The van der Waals surface area contributed by atoms with Crippen molar-refractivity contribution < 1.29 is 4.79 Å². The van der Waals surface area contributed by atoms with E-state index < -0.39 is 0 Å². The number of hydrogen-bond donors (Lipinski definition) is 2. The van der Waals surface area contributed by atoms with Crippen molar-refractivity contribution in [2.24, 2.45) is 11.8 Å². The summed E-state index contributed by atoms with van der Waals surface area (Å²) in [5, 5.41) is 6.42. The molecule has 104 valence electrons. The van der Waals surface area contributed by atoms with Crippen LogP contribution in [0.25, 0.3) is 0 Å². The summed E-state index contributed by atoms with van der Waals surface area (Å²) in [7, 11) is 0. The summed E-state index contributed by atoms with van der Waals surface area (Å²) in [5.74, 6) is 0.790. The zero-order valence-electron chi connectivity index (χ0n) is 11.9. The van der Waals surface area contributed by atoms with E-state index >= 15 is 0 Å². The minimum absolute atomic E-state index is 0.138. The molecule has 1 saturated heterocycles. The molecule has 1 aliphatic rings. The Labute approximate surface area is 115 Å². The van der Waals surface area contributed by atoms with Crippen LogP contribution in [0.3, 0.4) is 0 Å². The molecule has 3 atom stereocenters. The summed E-state index contributed by atoms with van der Waals surface area (Å²) in [5.41, 5.74) is 1.33. The van der Waals surface area contributed by atoms with E-state index in [-0.39, 0.29) is 17.9 Å². The third kappa shape index (κ3) is 4.06. The topological polar surface area (TPSA) is 41.1 Å². The molecule has 0 aliphatic carbocycles. The van der Waals surface area contributed by atoms with Crippen molar-refractivity contribution in [2.45, 2.75) is 32.7 Å². The van der Waals surface area contributed by atoms with E-state index in [9.17, 15) is 4.79 Å². The quantitative estimate of drug-likeness (QED) is 0.850. The maximum absolute atomic E-state index is 12.1. The smallest absolute Gasteiger partial charge is 0.224 e. The number of carbonyl (C=O) groups excluding carboxylic acids is 1. The van der Waals surface area contributed by atoms with Gasteiger partial charge in [0.15, 0.2) is 0 Å². The van der Waals surface area contributed by atoms with Crippen LogP contribution in [-0.2, 0) is 11.2 Å². The Bertz CT molecular complexity index is 404. The molecule has 1 aromatic carbocycles. The highest BCUT2D eigenvalue weighted by Gasteiger charge is 2.29. The molecule has 1 aliphatic heterocycles. The van der Waals surface area contributed by atoms with E-state index in [1.54, 1.807) is 0 Å². The Morgan fingerprint density at radius 3 is 2.74 bits per heavy atom. The zero-order chi connectivity index (χ0) is 13.7. The number of aryl methyl sites for hydroxylation is 1. The van der Waals surface area contributed by atoms with Gasteiger partial charge in [-0.25, -0.2) is 0 Å². The van der Waals surface area contributed by atoms with Crippen molar-refractivity contribution in [1.29, 1.82) is 0 Å². The van der Waals surface area contributed by atoms with Gasteiger partial charge >= 0.3 is 0 Å². The van der Waals surface area contributed by atoms with Crippen molar-refractivity contribution in [3.05, 3.63) is 35.9 Å². The number of carbonyl (C=O) groups is 1. The second-order valence-electron chi connectivity index (χ2n) is 5.68. The Morgan fingerprint density at radius 2 is 2.11 bits per heavy atom. The number of amides is 1. The summed E-state index contributed by atoms with van der Waals surface area (Å²) in [4.78, 5) is 12.1. The fourth-order valence-corrected chi connectivity index (χ4v) is 2.61. The first kappa shape index (κ1) is 14.1. The fourth-order valence-electron chi connectivity index (χ4n) is 2.61. The van der Waals surface area contributed by atoms with E-state index in [1.165, 1.54) is 5.56 Å². The van der Waals surface area contributed by atoms with Gasteiger partial charge in [-0.05, 0) is 37.8 Å². The third-order valence-electron chi connectivity index (χ3n) is 3.95. The summed E-state index contributed by atoms with van der Waals surface area (Å²) >= 11 is 0. The Hall–Kier alpha value is -1.35. The first-order valence-electron chi connectivity index (χ1n) is 7.22. The van der Waals surface area contributed by atoms with Crippen LogP contribution in [0.15, 0.2) is 30.3 Å². The minimum Gasteiger partial charge on any atom is -0.353 e. The van der Waals surface area contributed by atoms with Crippen molar-refractivity contribution >= 4 is 5.91 Å². The molecule has 0 saturated carbocycles. The second kappa shape index (κ2) is 6.71. The van der Waals surface area contributed by atoms with Crippen molar-refractivity contribution in [2.75, 3.05) is 13.1 Å². The number of rotatable bonds is 5. The molecule has 1 heterocycles. The maximum Gasteiger partial charge on any atom is 0.224 e. The molecule has 1 amide bonds. The number of nitrogens with one attached hydrogen (secondary N) is 2. The fraction of sp³-hybridized carbons (Fsp3) is 0.562. The van der Waals surface area contributed by atoms with Crippen LogP contribution in [0.2, 0.25) is 0 Å². The second-order valence-corrected chi connectivity index (χ2v) is 5.68. The first-order chi connectivity index (χ1) is 9.16. The first-order valence-corrected chi connectivity index (χ1v) is 7.22. The van der Waals surface area contributed by atoms with Gasteiger partial charge < -0.3 is 10.6 Å². The molecule has 0 bridgehead atoms. The van der Waals surface area contributed by atoms with Gasteiger partial charge in [-0.1, -0.05) is 37.3 Å². The summed E-state index contributed by atoms with van der Waals surface area (Å²) in [6.45, 7) is 6.00. The standard InChI is InChI=1S/C16H24N2O/c1-12-10-17-11-15(12)16(19)18-13(2)8-9-14-6-4-3-5-7-14/h3-7,12-13,15,17H,8-11H2,1-2H3,(H,18,19). The van der Waals surface area contributed by atoms with E-state index in [0.717, 1.165) is 25.9 Å². The average Bonchev–Trinajstić information content (AvgIpc) is 2.84. The maximum atomic E-state index is 12.1. The SMILES string of the molecule is CC(CCc1ccccc1)NC(=O)C1CNCC1C. The van der Waals surface area contributed by atoms with E-state index in [4.69, 9.17) is 0 Å². The van der Waals surface area contributed by atoms with Gasteiger partial charge in [0.1, 0.15) is 0 Å². The third-order valence-corrected chi connectivity index (χ3v) is 3.95. The van der Waals surface area contributed by atoms with Crippen molar-refractivity contribution in [3.8, 4) is 0 Å². The lowest BCUT2D eigenvalue weighted by Crippen LogP contribution is -2.39. The number of hydrogen-bond acceptors (Lipinski definition) is 2. The van der Waals surface area contributed by atoms with Crippen molar-refractivity contribution in [3.63, 3.8) is 0 Å². The molecular formula is C16H24N2O. The monoisotopic (exact) mass is 260 g/mol. The highest BCUT2D eigenvalue weighted by atomic mass is 16.2. The molecule has 3 unspecified atom stereocenters. The predicted molar refractivity (Wildman–Crippen MR) is 77.9 cm³/mol. The molecule has 1 aromatic rings. The lowest BCUT2D eigenvalue weighted by Gasteiger charge is -2.19. The summed E-state index contributed by atoms with van der Waals surface area (Å²) < 4.78 is 0. The van der Waals surface area contributed by atoms with Gasteiger partial charge in [-0.3, -0.25) is 4.79 Å². The average molecular weight is 260 g/mol. The number of benzene rings is 1. The van der Waals surface area contributed by atoms with E-state index in [2.05, 4.69) is 48.7 Å². The Morgan fingerprint density at radius 1 is 1.37 bits per heavy atom. The largest absolute Gasteiger partial charge is 0.353 e. The van der Waals surface area contributed by atoms with Gasteiger partial charge in [0.25, 0.3) is 0 Å². The van der Waals surface area contributed by atoms with E-state index in [0.29, 0.717) is 5.92 Å². The molecule has 0 spiro atoms. The van der Waals surface area contributed by atoms with Gasteiger partial charge in [0.05, 0.1) is 5.92 Å². The lowest BCUT2D eigenvalue weighted by molar-refractivity contribution is -0.126. The van der Waals surface area contributed by atoms with Crippen LogP contribution >= 0.6 is 0 Å². The highest BCUT2D eigenvalue weighted by molar-refractivity contribution is 5.79. The minimum atomic E-state index is 0.138. The van der Waals surface area contributed by atoms with Gasteiger partial charge in [-0.2, -0.15) is 0 Å². The van der Waals surface area contributed by atoms with Crippen LogP contribution in [0, 0.1) is 11.8 Å². The highest BCUT2D eigenvalue weighted by Crippen LogP contribution is 2.16. The molecular weight excluding hydrogens is 236 g/mol. The summed E-state index contributed by atoms with van der Waals surface area (Å²) in [6, 6.07) is 10.7. The molecule has 1 fully saturated rings. The van der Waals surface area contributed by atoms with Gasteiger partial charge in [0.2, 0.25) is 5.91 Å². The Kier molecular flexibility index (Phi) is 4.97. The van der Waals surface area contributed by atoms with Crippen molar-refractivity contribution in [1.82, 2.24) is 10.6 Å². The van der Waals surface area contributed by atoms with Crippen LogP contribution < -0.4 is 10.6 Å². The Balaban J connectivity index is 1.75. The lowest BCUT2D eigenvalue weighted by atomic mass is 9.96. The van der Waals surface area contributed by atoms with Crippen LogP contribution in [0.1, 0.15) is 25.8 Å². The summed E-state index contributed by atoms with van der Waals surface area (Å²) in [6.07, 6.45) is 2.00. The van der Waals surface area contributed by atoms with Gasteiger partial charge in [-0.15, -0.1) is 0 Å². The molecule has 0 aromatic heterocycles. The van der Waals surface area contributed by atoms with Gasteiger partial charge in [0, 0.05) is 12.6 Å². The molecule has 3 nitrogen and oxygen atoms in total.